The Labute approximate surface area is 99.9 Å². The van der Waals surface area contributed by atoms with Crippen molar-refractivity contribution < 1.29 is 0 Å². The van der Waals surface area contributed by atoms with Gasteiger partial charge >= 0.3 is 0 Å². The summed E-state index contributed by atoms with van der Waals surface area (Å²) in [6.07, 6.45) is 2.54. The van der Waals surface area contributed by atoms with E-state index in [0.717, 1.165) is 8.95 Å². The average molecular weight is 324 g/mol. The number of hydrogen-bond donors (Lipinski definition) is 0. The molecular formula is C10H9Br2Cl. The summed E-state index contributed by atoms with van der Waals surface area (Å²) in [7, 11) is 0. The van der Waals surface area contributed by atoms with E-state index in [0.29, 0.717) is 5.92 Å². The van der Waals surface area contributed by atoms with Gasteiger partial charge in [-0.15, -0.1) is 11.6 Å². The quantitative estimate of drug-likeness (QED) is 0.679. The van der Waals surface area contributed by atoms with Crippen molar-refractivity contribution in [3.63, 3.8) is 0 Å². The van der Waals surface area contributed by atoms with Gasteiger partial charge in [0.2, 0.25) is 0 Å². The van der Waals surface area contributed by atoms with Crippen LogP contribution in [0.3, 0.4) is 0 Å². The van der Waals surface area contributed by atoms with Gasteiger partial charge in [-0.2, -0.15) is 0 Å². The molecule has 1 aromatic rings. The standard InChI is InChI=1S/C10H9Br2Cl/c11-7-3-4-9(12)8(5-7)10(13)6-1-2-6/h3-6,10H,1-2H2. The van der Waals surface area contributed by atoms with Crippen LogP contribution in [0.4, 0.5) is 0 Å². The predicted molar refractivity (Wildman–Crippen MR) is 63.2 cm³/mol. The van der Waals surface area contributed by atoms with Crippen molar-refractivity contribution in [3.8, 4) is 0 Å². The van der Waals surface area contributed by atoms with Crippen LogP contribution < -0.4 is 0 Å². The molecule has 1 fully saturated rings. The lowest BCUT2D eigenvalue weighted by molar-refractivity contribution is 0.793. The molecule has 0 radical (unpaired) electrons. The molecular weight excluding hydrogens is 315 g/mol. The van der Waals surface area contributed by atoms with Crippen LogP contribution >= 0.6 is 43.5 Å². The topological polar surface area (TPSA) is 0 Å². The van der Waals surface area contributed by atoms with Gasteiger partial charge in [0, 0.05) is 8.95 Å². The maximum Gasteiger partial charge on any atom is 0.0624 e. The summed E-state index contributed by atoms with van der Waals surface area (Å²) in [5, 5.41) is 0.173. The van der Waals surface area contributed by atoms with Gasteiger partial charge in [0.25, 0.3) is 0 Å². The van der Waals surface area contributed by atoms with Crippen LogP contribution in [0.15, 0.2) is 27.1 Å². The van der Waals surface area contributed by atoms with E-state index in [4.69, 9.17) is 11.6 Å². The highest BCUT2D eigenvalue weighted by Crippen LogP contribution is 2.47. The molecule has 0 aromatic heterocycles. The third kappa shape index (κ3) is 2.28. The zero-order valence-electron chi connectivity index (χ0n) is 6.93. The van der Waals surface area contributed by atoms with Crippen molar-refractivity contribution in [2.75, 3.05) is 0 Å². The monoisotopic (exact) mass is 322 g/mol. The molecule has 0 bridgehead atoms. The Morgan fingerprint density at radius 1 is 1.31 bits per heavy atom. The minimum atomic E-state index is 0.173. The molecule has 1 unspecified atom stereocenters. The molecule has 1 aliphatic rings. The van der Waals surface area contributed by atoms with Crippen molar-refractivity contribution in [3.05, 3.63) is 32.7 Å². The van der Waals surface area contributed by atoms with Crippen molar-refractivity contribution in [1.29, 1.82) is 0 Å². The smallest absolute Gasteiger partial charge is 0.0624 e. The Morgan fingerprint density at radius 3 is 2.62 bits per heavy atom. The molecule has 0 nitrogen and oxygen atoms in total. The maximum atomic E-state index is 6.33. The van der Waals surface area contributed by atoms with E-state index in [2.05, 4.69) is 37.9 Å². The molecule has 1 aromatic carbocycles. The molecule has 1 saturated carbocycles. The number of hydrogen-bond acceptors (Lipinski definition) is 0. The van der Waals surface area contributed by atoms with Crippen molar-refractivity contribution in [1.82, 2.24) is 0 Å². The fourth-order valence-corrected chi connectivity index (χ4v) is 2.81. The lowest BCUT2D eigenvalue weighted by Gasteiger charge is -2.10. The molecule has 0 saturated heterocycles. The molecule has 1 atom stereocenters. The van der Waals surface area contributed by atoms with Crippen LogP contribution in [0.5, 0.6) is 0 Å². The molecule has 2 rings (SSSR count). The minimum Gasteiger partial charge on any atom is -0.117 e. The summed E-state index contributed by atoms with van der Waals surface area (Å²) in [6, 6.07) is 6.15. The first kappa shape index (κ1) is 10.0. The highest BCUT2D eigenvalue weighted by atomic mass is 79.9. The average Bonchev–Trinajstić information content (AvgIpc) is 2.91. The fraction of sp³-hybridized carbons (Fsp3) is 0.400. The Morgan fingerprint density at radius 2 is 2.00 bits per heavy atom. The van der Waals surface area contributed by atoms with E-state index in [1.165, 1.54) is 18.4 Å². The second kappa shape index (κ2) is 3.92. The third-order valence-corrected chi connectivity index (χ3v) is 4.10. The van der Waals surface area contributed by atoms with Crippen LogP contribution in [0.2, 0.25) is 0 Å². The molecule has 0 N–H and O–H groups in total. The van der Waals surface area contributed by atoms with E-state index in [1.807, 2.05) is 12.1 Å². The highest BCUT2D eigenvalue weighted by molar-refractivity contribution is 9.11. The Bertz CT molecular complexity index is 321. The van der Waals surface area contributed by atoms with Gasteiger partial charge in [-0.25, -0.2) is 0 Å². The van der Waals surface area contributed by atoms with Crippen molar-refractivity contribution in [2.45, 2.75) is 18.2 Å². The molecule has 0 amide bonds. The Kier molecular flexibility index (Phi) is 3.01. The maximum absolute atomic E-state index is 6.33. The molecule has 0 heterocycles. The second-order valence-electron chi connectivity index (χ2n) is 3.41. The molecule has 3 heteroatoms. The van der Waals surface area contributed by atoms with E-state index in [-0.39, 0.29) is 5.38 Å². The Balaban J connectivity index is 2.31. The van der Waals surface area contributed by atoms with Crippen LogP contribution in [-0.4, -0.2) is 0 Å². The third-order valence-electron chi connectivity index (χ3n) is 2.29. The molecule has 0 spiro atoms. The number of benzene rings is 1. The largest absolute Gasteiger partial charge is 0.117 e. The van der Waals surface area contributed by atoms with E-state index >= 15 is 0 Å². The first-order chi connectivity index (χ1) is 6.18. The van der Waals surface area contributed by atoms with Crippen LogP contribution in [0.1, 0.15) is 23.8 Å². The van der Waals surface area contributed by atoms with Gasteiger partial charge < -0.3 is 0 Å². The number of alkyl halides is 1. The lowest BCUT2D eigenvalue weighted by Crippen LogP contribution is -1.93. The van der Waals surface area contributed by atoms with E-state index in [1.54, 1.807) is 0 Å². The van der Waals surface area contributed by atoms with Crippen LogP contribution in [0.25, 0.3) is 0 Å². The van der Waals surface area contributed by atoms with Gasteiger partial charge in [-0.3, -0.25) is 0 Å². The molecule has 70 valence electrons. The second-order valence-corrected chi connectivity index (χ2v) is 5.65. The Hall–Kier alpha value is 0.470. The molecule has 1 aliphatic carbocycles. The zero-order valence-corrected chi connectivity index (χ0v) is 10.9. The summed E-state index contributed by atoms with van der Waals surface area (Å²) in [5.74, 6) is 0.687. The van der Waals surface area contributed by atoms with Gasteiger partial charge in [0.1, 0.15) is 0 Å². The van der Waals surface area contributed by atoms with Gasteiger partial charge in [-0.1, -0.05) is 31.9 Å². The van der Waals surface area contributed by atoms with Crippen molar-refractivity contribution in [2.24, 2.45) is 5.92 Å². The summed E-state index contributed by atoms with van der Waals surface area (Å²) in [5.41, 5.74) is 1.21. The SMILES string of the molecule is ClC(c1cc(Br)ccc1Br)C1CC1. The first-order valence-corrected chi connectivity index (χ1v) is 6.30. The van der Waals surface area contributed by atoms with E-state index in [9.17, 15) is 0 Å². The summed E-state index contributed by atoms with van der Waals surface area (Å²) < 4.78 is 2.21. The number of halogens is 3. The summed E-state index contributed by atoms with van der Waals surface area (Å²) >= 11 is 13.3. The van der Waals surface area contributed by atoms with Gasteiger partial charge in [0.15, 0.2) is 0 Å². The minimum absolute atomic E-state index is 0.173. The van der Waals surface area contributed by atoms with Crippen LogP contribution in [0, 0.1) is 5.92 Å². The van der Waals surface area contributed by atoms with Gasteiger partial charge in [-0.05, 0) is 42.5 Å². The van der Waals surface area contributed by atoms with E-state index < -0.39 is 0 Å². The molecule has 0 aliphatic heterocycles. The summed E-state index contributed by atoms with van der Waals surface area (Å²) in [4.78, 5) is 0. The number of rotatable bonds is 2. The zero-order chi connectivity index (χ0) is 9.42. The predicted octanol–water partition coefficient (Wildman–Crippen LogP) is 4.90. The summed E-state index contributed by atoms with van der Waals surface area (Å²) in [6.45, 7) is 0. The van der Waals surface area contributed by atoms with Crippen LogP contribution in [-0.2, 0) is 0 Å². The molecule has 13 heavy (non-hydrogen) atoms. The normalized spacial score (nSPS) is 18.7. The highest BCUT2D eigenvalue weighted by Gasteiger charge is 2.31. The lowest BCUT2D eigenvalue weighted by atomic mass is 10.1. The van der Waals surface area contributed by atoms with Crippen molar-refractivity contribution >= 4 is 43.5 Å². The fourth-order valence-electron chi connectivity index (χ4n) is 1.37. The van der Waals surface area contributed by atoms with Gasteiger partial charge in [0.05, 0.1) is 5.38 Å². The first-order valence-electron chi connectivity index (χ1n) is 4.27.